The number of amides is 1. The lowest BCUT2D eigenvalue weighted by atomic mass is 10.0. The normalized spacial score (nSPS) is 12.0. The molecule has 0 spiro atoms. The minimum absolute atomic E-state index is 0.0155. The number of nitrogens with one attached hydrogen (secondary N) is 1. The van der Waals surface area contributed by atoms with Crippen molar-refractivity contribution in [2.75, 3.05) is 7.11 Å². The van der Waals surface area contributed by atoms with Crippen LogP contribution in [0.15, 0.2) is 48.5 Å². The molecule has 0 aliphatic heterocycles. The Morgan fingerprint density at radius 1 is 1.14 bits per heavy atom. The van der Waals surface area contributed by atoms with Crippen LogP contribution in [-0.4, -0.2) is 13.0 Å². The van der Waals surface area contributed by atoms with Gasteiger partial charge in [-0.3, -0.25) is 4.79 Å². The zero-order chi connectivity index (χ0) is 15.2. The van der Waals surface area contributed by atoms with E-state index in [1.165, 1.54) is 6.92 Å². The van der Waals surface area contributed by atoms with Crippen molar-refractivity contribution in [1.29, 1.82) is 0 Å². The van der Waals surface area contributed by atoms with Gasteiger partial charge in [-0.1, -0.05) is 42.5 Å². The van der Waals surface area contributed by atoms with E-state index in [2.05, 4.69) is 41.7 Å². The number of hydrogen-bond acceptors (Lipinski definition) is 2. The summed E-state index contributed by atoms with van der Waals surface area (Å²) in [5, 5.41) is 2.82. The molecule has 0 aromatic heterocycles. The van der Waals surface area contributed by atoms with Gasteiger partial charge in [0.2, 0.25) is 5.91 Å². The summed E-state index contributed by atoms with van der Waals surface area (Å²) in [5.41, 5.74) is 4.56. The molecule has 3 heteroatoms. The van der Waals surface area contributed by atoms with Gasteiger partial charge < -0.3 is 10.1 Å². The highest BCUT2D eigenvalue weighted by Crippen LogP contribution is 2.23. The second-order valence-corrected chi connectivity index (χ2v) is 5.11. The molecular weight excluding hydrogens is 262 g/mol. The first-order chi connectivity index (χ1) is 10.1. The van der Waals surface area contributed by atoms with Crippen LogP contribution < -0.4 is 5.32 Å². The van der Waals surface area contributed by atoms with E-state index in [1.807, 2.05) is 19.1 Å². The van der Waals surface area contributed by atoms with Gasteiger partial charge in [-0.15, -0.1) is 0 Å². The van der Waals surface area contributed by atoms with Crippen LogP contribution in [0.2, 0.25) is 0 Å². The molecular formula is C18H21NO2. The number of benzene rings is 2. The standard InChI is InChI=1S/C18H21NO2/c1-13(21-3)16-7-9-17(10-8-16)18-6-4-5-15(11-18)12-19-14(2)20/h4-11,13H,12H2,1-3H3,(H,19,20)/t13-/m0/s1. The minimum atomic E-state index is -0.0155. The van der Waals surface area contributed by atoms with Gasteiger partial charge in [0.25, 0.3) is 0 Å². The number of hydrogen-bond donors (Lipinski definition) is 1. The van der Waals surface area contributed by atoms with Gasteiger partial charge in [0.1, 0.15) is 0 Å². The Morgan fingerprint density at radius 2 is 1.86 bits per heavy atom. The molecule has 0 bridgehead atoms. The summed E-state index contributed by atoms with van der Waals surface area (Å²) in [4.78, 5) is 11.0. The maximum Gasteiger partial charge on any atom is 0.217 e. The molecule has 1 N–H and O–H groups in total. The summed E-state index contributed by atoms with van der Waals surface area (Å²) in [5.74, 6) is -0.0155. The van der Waals surface area contributed by atoms with Crippen LogP contribution in [0.3, 0.4) is 0 Å². The lowest BCUT2D eigenvalue weighted by Gasteiger charge is -2.11. The van der Waals surface area contributed by atoms with Crippen molar-refractivity contribution >= 4 is 5.91 Å². The van der Waals surface area contributed by atoms with E-state index in [0.29, 0.717) is 6.54 Å². The summed E-state index contributed by atoms with van der Waals surface area (Å²) in [7, 11) is 1.71. The molecule has 2 rings (SSSR count). The van der Waals surface area contributed by atoms with Gasteiger partial charge in [-0.05, 0) is 35.2 Å². The maximum atomic E-state index is 11.0. The Balaban J connectivity index is 2.17. The Morgan fingerprint density at radius 3 is 2.48 bits per heavy atom. The first-order valence-corrected chi connectivity index (χ1v) is 7.06. The molecule has 0 saturated heterocycles. The van der Waals surface area contributed by atoms with E-state index in [1.54, 1.807) is 7.11 Å². The van der Waals surface area contributed by atoms with Crippen LogP contribution >= 0.6 is 0 Å². The molecule has 0 aliphatic rings. The second kappa shape index (κ2) is 7.04. The van der Waals surface area contributed by atoms with Crippen LogP contribution in [0.25, 0.3) is 11.1 Å². The van der Waals surface area contributed by atoms with E-state index in [9.17, 15) is 4.79 Å². The van der Waals surface area contributed by atoms with Crippen molar-refractivity contribution in [3.8, 4) is 11.1 Å². The smallest absolute Gasteiger partial charge is 0.217 e. The third-order valence-electron chi connectivity index (χ3n) is 3.54. The first-order valence-electron chi connectivity index (χ1n) is 7.06. The van der Waals surface area contributed by atoms with E-state index < -0.39 is 0 Å². The molecule has 21 heavy (non-hydrogen) atoms. The third kappa shape index (κ3) is 4.17. The highest BCUT2D eigenvalue weighted by molar-refractivity contribution is 5.73. The molecule has 3 nitrogen and oxygen atoms in total. The predicted molar refractivity (Wildman–Crippen MR) is 84.8 cm³/mol. The summed E-state index contributed by atoms with van der Waals surface area (Å²) in [6.07, 6.45) is 0.102. The third-order valence-corrected chi connectivity index (χ3v) is 3.54. The van der Waals surface area contributed by atoms with Crippen molar-refractivity contribution in [3.63, 3.8) is 0 Å². The Bertz CT molecular complexity index is 605. The highest BCUT2D eigenvalue weighted by Gasteiger charge is 2.04. The fourth-order valence-electron chi connectivity index (χ4n) is 2.17. The summed E-state index contributed by atoms with van der Waals surface area (Å²) >= 11 is 0. The summed E-state index contributed by atoms with van der Waals surface area (Å²) < 4.78 is 5.32. The second-order valence-electron chi connectivity index (χ2n) is 5.11. The molecule has 0 fully saturated rings. The molecule has 2 aromatic rings. The van der Waals surface area contributed by atoms with Gasteiger partial charge in [0, 0.05) is 20.6 Å². The van der Waals surface area contributed by atoms with Crippen LogP contribution in [0.4, 0.5) is 0 Å². The first kappa shape index (κ1) is 15.3. The number of rotatable bonds is 5. The average Bonchev–Trinajstić information content (AvgIpc) is 2.52. The van der Waals surface area contributed by atoms with E-state index in [-0.39, 0.29) is 12.0 Å². The molecule has 1 amide bonds. The largest absolute Gasteiger partial charge is 0.377 e. The van der Waals surface area contributed by atoms with E-state index in [4.69, 9.17) is 4.74 Å². The van der Waals surface area contributed by atoms with E-state index in [0.717, 1.165) is 22.3 Å². The van der Waals surface area contributed by atoms with Gasteiger partial charge >= 0.3 is 0 Å². The summed E-state index contributed by atoms with van der Waals surface area (Å²) in [6.45, 7) is 4.12. The number of carbonyl (C=O) groups is 1. The summed E-state index contributed by atoms with van der Waals surface area (Å²) in [6, 6.07) is 16.6. The van der Waals surface area contributed by atoms with Gasteiger partial charge in [-0.25, -0.2) is 0 Å². The molecule has 1 atom stereocenters. The van der Waals surface area contributed by atoms with Crippen molar-refractivity contribution in [2.24, 2.45) is 0 Å². The topological polar surface area (TPSA) is 38.3 Å². The fraction of sp³-hybridized carbons (Fsp3) is 0.278. The zero-order valence-electron chi connectivity index (χ0n) is 12.7. The molecule has 0 unspecified atom stereocenters. The average molecular weight is 283 g/mol. The van der Waals surface area contributed by atoms with Crippen molar-refractivity contribution in [3.05, 3.63) is 59.7 Å². The number of methoxy groups -OCH3 is 1. The zero-order valence-corrected chi connectivity index (χ0v) is 12.7. The van der Waals surface area contributed by atoms with E-state index >= 15 is 0 Å². The van der Waals surface area contributed by atoms with Gasteiger partial charge in [0.15, 0.2) is 0 Å². The Kier molecular flexibility index (Phi) is 5.12. The maximum absolute atomic E-state index is 11.0. The highest BCUT2D eigenvalue weighted by atomic mass is 16.5. The number of carbonyl (C=O) groups excluding carboxylic acids is 1. The molecule has 0 aliphatic carbocycles. The minimum Gasteiger partial charge on any atom is -0.377 e. The van der Waals surface area contributed by atoms with Crippen LogP contribution in [0.5, 0.6) is 0 Å². The monoisotopic (exact) mass is 283 g/mol. The Hall–Kier alpha value is -2.13. The van der Waals surface area contributed by atoms with Gasteiger partial charge in [-0.2, -0.15) is 0 Å². The SMILES string of the molecule is CO[C@@H](C)c1ccc(-c2cccc(CNC(C)=O)c2)cc1. The van der Waals surface area contributed by atoms with Crippen LogP contribution in [0.1, 0.15) is 31.1 Å². The van der Waals surface area contributed by atoms with Crippen molar-refractivity contribution in [1.82, 2.24) is 5.32 Å². The van der Waals surface area contributed by atoms with Gasteiger partial charge in [0.05, 0.1) is 6.10 Å². The lowest BCUT2D eigenvalue weighted by Crippen LogP contribution is -2.18. The number of ether oxygens (including phenoxy) is 1. The fourth-order valence-corrected chi connectivity index (χ4v) is 2.17. The van der Waals surface area contributed by atoms with Crippen LogP contribution in [0, 0.1) is 0 Å². The van der Waals surface area contributed by atoms with Crippen LogP contribution in [-0.2, 0) is 16.1 Å². The lowest BCUT2D eigenvalue weighted by molar-refractivity contribution is -0.119. The quantitative estimate of drug-likeness (QED) is 0.908. The molecule has 110 valence electrons. The predicted octanol–water partition coefficient (Wildman–Crippen LogP) is 3.70. The molecule has 2 aromatic carbocycles. The molecule has 0 saturated carbocycles. The molecule has 0 radical (unpaired) electrons. The van der Waals surface area contributed by atoms with Crippen molar-refractivity contribution in [2.45, 2.75) is 26.5 Å². The van der Waals surface area contributed by atoms with Crippen molar-refractivity contribution < 1.29 is 9.53 Å². The molecule has 0 heterocycles. The Labute approximate surface area is 126 Å².